The number of hydrogen-bond acceptors (Lipinski definition) is 7. The van der Waals surface area contributed by atoms with E-state index in [9.17, 15) is 27.5 Å². The lowest BCUT2D eigenvalue weighted by Crippen LogP contribution is -2.42. The lowest BCUT2D eigenvalue weighted by Gasteiger charge is -2.32. The smallest absolute Gasteiger partial charge is 0.296 e. The number of benzene rings is 1. The third-order valence-electron chi connectivity index (χ3n) is 4.54. The monoisotopic (exact) mass is 425 g/mol. The molecule has 1 aliphatic rings. The highest BCUT2D eigenvalue weighted by Crippen LogP contribution is 2.27. The summed E-state index contributed by atoms with van der Waals surface area (Å²) in [5.41, 5.74) is -2.06. The van der Waals surface area contributed by atoms with Gasteiger partial charge in [-0.3, -0.25) is 14.2 Å². The van der Waals surface area contributed by atoms with Crippen molar-refractivity contribution >= 4 is 15.7 Å². The van der Waals surface area contributed by atoms with Crippen LogP contribution in [0.15, 0.2) is 27.9 Å². The molecule has 29 heavy (non-hydrogen) atoms. The van der Waals surface area contributed by atoms with Crippen LogP contribution in [0.3, 0.4) is 0 Å². The largest absolute Gasteiger partial charge is 0.501 e. The van der Waals surface area contributed by atoms with Gasteiger partial charge in [0.25, 0.3) is 11.5 Å². The van der Waals surface area contributed by atoms with Gasteiger partial charge in [0.2, 0.25) is 5.75 Å². The number of carbonyl (C=O) groups excluding carboxylic acids is 1. The van der Waals surface area contributed by atoms with Crippen molar-refractivity contribution < 1.29 is 27.4 Å². The third-order valence-corrected chi connectivity index (χ3v) is 5.72. The van der Waals surface area contributed by atoms with Crippen molar-refractivity contribution in [2.24, 2.45) is 0 Å². The van der Waals surface area contributed by atoms with Crippen molar-refractivity contribution in [2.75, 3.05) is 12.9 Å². The van der Waals surface area contributed by atoms with Crippen LogP contribution in [0.4, 0.5) is 4.39 Å². The second-order valence-corrected chi connectivity index (χ2v) is 9.14. The molecule has 1 aromatic carbocycles. The summed E-state index contributed by atoms with van der Waals surface area (Å²) in [4.78, 5) is 28.9. The van der Waals surface area contributed by atoms with E-state index >= 15 is 0 Å². The summed E-state index contributed by atoms with van der Waals surface area (Å²) >= 11 is 0. The Morgan fingerprint density at radius 2 is 2.10 bits per heavy atom. The molecule has 2 heterocycles. The van der Waals surface area contributed by atoms with Gasteiger partial charge in [0.1, 0.15) is 17.2 Å². The summed E-state index contributed by atoms with van der Waals surface area (Å²) < 4.78 is 44.0. The van der Waals surface area contributed by atoms with Gasteiger partial charge < -0.3 is 15.2 Å². The van der Waals surface area contributed by atoms with Gasteiger partial charge in [-0.05, 0) is 31.5 Å². The number of hydrogen-bond donors (Lipinski definition) is 2. The van der Waals surface area contributed by atoms with E-state index in [0.717, 1.165) is 18.4 Å². The molecule has 1 aliphatic heterocycles. The summed E-state index contributed by atoms with van der Waals surface area (Å²) in [7, 11) is -3.74. The zero-order chi connectivity index (χ0) is 21.6. The molecule has 2 N–H and O–H groups in total. The quantitative estimate of drug-likeness (QED) is 0.738. The average molecular weight is 425 g/mol. The fourth-order valence-corrected chi connectivity index (χ4v) is 4.05. The van der Waals surface area contributed by atoms with Gasteiger partial charge >= 0.3 is 0 Å². The summed E-state index contributed by atoms with van der Waals surface area (Å²) in [6.45, 7) is 3.53. The van der Waals surface area contributed by atoms with E-state index in [1.54, 1.807) is 13.8 Å². The van der Waals surface area contributed by atoms with Gasteiger partial charge in [-0.2, -0.15) is 0 Å². The van der Waals surface area contributed by atoms with E-state index in [0.29, 0.717) is 0 Å². The first-order valence-corrected chi connectivity index (χ1v) is 10.6. The van der Waals surface area contributed by atoms with E-state index in [1.165, 1.54) is 10.6 Å². The molecule has 0 radical (unpaired) electrons. The Morgan fingerprint density at radius 3 is 2.76 bits per heavy atom. The normalized spacial score (nSPS) is 15.6. The Hall–Kier alpha value is -2.79. The molecule has 9 nitrogen and oxygen atoms in total. The maximum absolute atomic E-state index is 13.4. The highest BCUT2D eigenvalue weighted by atomic mass is 32.2. The fourth-order valence-electron chi connectivity index (χ4n) is 3.11. The fraction of sp³-hybridized carbons (Fsp3) is 0.389. The van der Waals surface area contributed by atoms with Crippen molar-refractivity contribution in [3.05, 3.63) is 51.5 Å². The minimum atomic E-state index is -3.74. The minimum absolute atomic E-state index is 0.153. The zero-order valence-electron chi connectivity index (χ0n) is 16.0. The van der Waals surface area contributed by atoms with Gasteiger partial charge in [-0.25, -0.2) is 17.8 Å². The summed E-state index contributed by atoms with van der Waals surface area (Å²) in [6, 6.07) is 3.16. The Morgan fingerprint density at radius 1 is 1.41 bits per heavy atom. The number of halogens is 1. The number of aromatic nitrogens is 2. The number of nitrogens with zero attached hydrogens (tertiary/aromatic N) is 2. The van der Waals surface area contributed by atoms with Crippen LogP contribution in [-0.4, -0.2) is 41.8 Å². The lowest BCUT2D eigenvalue weighted by molar-refractivity contribution is -0.0566. The van der Waals surface area contributed by atoms with Gasteiger partial charge in [-0.1, -0.05) is 6.07 Å². The molecule has 0 bridgehead atoms. The molecule has 0 aliphatic carbocycles. The average Bonchev–Trinajstić information content (AvgIpc) is 2.62. The Bertz CT molecular complexity index is 1160. The van der Waals surface area contributed by atoms with Crippen molar-refractivity contribution in [3.8, 4) is 5.75 Å². The van der Waals surface area contributed by atoms with Gasteiger partial charge in [0, 0.05) is 12.8 Å². The van der Waals surface area contributed by atoms with E-state index in [-0.39, 0.29) is 36.0 Å². The van der Waals surface area contributed by atoms with Crippen LogP contribution in [0.1, 0.15) is 35.7 Å². The molecule has 1 amide bonds. The van der Waals surface area contributed by atoms with E-state index in [1.807, 2.05) is 0 Å². The molecule has 0 saturated heterocycles. The lowest BCUT2D eigenvalue weighted by atomic mass is 10.1. The first kappa shape index (κ1) is 20.9. The highest BCUT2D eigenvalue weighted by Gasteiger charge is 2.34. The molecular weight excluding hydrogens is 405 g/mol. The number of rotatable bonds is 4. The van der Waals surface area contributed by atoms with E-state index in [4.69, 9.17) is 4.74 Å². The van der Waals surface area contributed by atoms with Crippen LogP contribution in [0, 0.1) is 5.82 Å². The summed E-state index contributed by atoms with van der Waals surface area (Å²) in [6.07, 6.45) is 0.924. The number of ether oxygens (including phenoxy) is 1. The molecule has 0 spiro atoms. The van der Waals surface area contributed by atoms with Crippen molar-refractivity contribution in [2.45, 2.75) is 37.4 Å². The van der Waals surface area contributed by atoms with Crippen LogP contribution in [-0.2, 0) is 33.3 Å². The molecule has 156 valence electrons. The van der Waals surface area contributed by atoms with Gasteiger partial charge in [0.15, 0.2) is 15.5 Å². The van der Waals surface area contributed by atoms with E-state index < -0.39 is 44.2 Å². The number of aromatic hydroxyl groups is 1. The van der Waals surface area contributed by atoms with Crippen molar-refractivity contribution in [1.82, 2.24) is 14.9 Å². The number of sulfone groups is 1. The molecule has 11 heteroatoms. The van der Waals surface area contributed by atoms with Crippen LogP contribution in [0.25, 0.3) is 0 Å². The molecule has 1 aromatic heterocycles. The number of amides is 1. The Labute approximate surface area is 166 Å². The van der Waals surface area contributed by atoms with Crippen LogP contribution >= 0.6 is 0 Å². The standard InChI is InChI=1S/C18H20FN3O6S/c1-18(2)17-21-13(14(23)16(25)22(17)6-7-28-18)15(24)20-9-10-4-5-11(19)8-12(10)29(3,26)27/h4-5,8,23H,6-7,9H2,1-3H3,(H,20,24). The number of fused-ring (bicyclic) bond motifs is 1. The summed E-state index contributed by atoms with van der Waals surface area (Å²) in [5, 5.41) is 12.6. The Balaban J connectivity index is 1.94. The van der Waals surface area contributed by atoms with Gasteiger partial charge in [-0.15, -0.1) is 0 Å². The van der Waals surface area contributed by atoms with E-state index in [2.05, 4.69) is 10.3 Å². The topological polar surface area (TPSA) is 128 Å². The maximum atomic E-state index is 13.4. The zero-order valence-corrected chi connectivity index (χ0v) is 16.8. The first-order chi connectivity index (χ1) is 13.4. The summed E-state index contributed by atoms with van der Waals surface area (Å²) in [5.74, 6) is -2.24. The van der Waals surface area contributed by atoms with Crippen molar-refractivity contribution in [3.63, 3.8) is 0 Å². The predicted molar refractivity (Wildman–Crippen MR) is 99.8 cm³/mol. The van der Waals surface area contributed by atoms with Crippen LogP contribution < -0.4 is 10.9 Å². The maximum Gasteiger partial charge on any atom is 0.296 e. The minimum Gasteiger partial charge on any atom is -0.501 e. The van der Waals surface area contributed by atoms with Crippen LogP contribution in [0.2, 0.25) is 0 Å². The van der Waals surface area contributed by atoms with Gasteiger partial charge in [0.05, 0.1) is 18.0 Å². The molecule has 0 atom stereocenters. The molecule has 3 rings (SSSR count). The first-order valence-electron chi connectivity index (χ1n) is 8.67. The second-order valence-electron chi connectivity index (χ2n) is 7.16. The molecule has 0 unspecified atom stereocenters. The highest BCUT2D eigenvalue weighted by molar-refractivity contribution is 7.90. The number of nitrogens with one attached hydrogen (secondary N) is 1. The van der Waals surface area contributed by atoms with Crippen molar-refractivity contribution in [1.29, 1.82) is 0 Å². The predicted octanol–water partition coefficient (Wildman–Crippen LogP) is 0.687. The second kappa shape index (κ2) is 7.23. The molecule has 2 aromatic rings. The molecule has 0 saturated carbocycles. The number of carbonyl (C=O) groups is 1. The van der Waals surface area contributed by atoms with Crippen LogP contribution in [0.5, 0.6) is 5.75 Å². The Kier molecular flexibility index (Phi) is 5.22. The molecule has 0 fully saturated rings. The molecular formula is C18H20FN3O6S. The SMILES string of the molecule is CC1(C)OCCn2c1nc(C(=O)NCc1ccc(F)cc1S(C)(=O)=O)c(O)c2=O. The third kappa shape index (κ3) is 4.01.